The zero-order chi connectivity index (χ0) is 15.1. The monoisotopic (exact) mass is 275 g/mol. The zero-order valence-corrected chi connectivity index (χ0v) is 13.2. The van der Waals surface area contributed by atoms with Gasteiger partial charge in [-0.1, -0.05) is 13.8 Å². The normalized spacial score (nSPS) is 20.6. The summed E-state index contributed by atoms with van der Waals surface area (Å²) in [7, 11) is 0. The molecule has 110 valence electrons. The lowest BCUT2D eigenvalue weighted by atomic mass is 9.79. The molecule has 1 aromatic carbocycles. The van der Waals surface area contributed by atoms with E-state index in [-0.39, 0.29) is 5.54 Å². The molecule has 1 aromatic rings. The van der Waals surface area contributed by atoms with Crippen molar-refractivity contribution < 1.29 is 9.90 Å². The Bertz CT molecular complexity index is 534. The maximum atomic E-state index is 11.3. The molecule has 0 aliphatic carbocycles. The predicted molar refractivity (Wildman–Crippen MR) is 82.9 cm³/mol. The van der Waals surface area contributed by atoms with Crippen LogP contribution in [0.25, 0.3) is 0 Å². The van der Waals surface area contributed by atoms with Gasteiger partial charge in [0, 0.05) is 17.8 Å². The summed E-state index contributed by atoms with van der Waals surface area (Å²) in [5, 5.41) is 9.31. The number of hydrogen-bond donors (Lipinski definition) is 1. The lowest BCUT2D eigenvalue weighted by Crippen LogP contribution is -2.48. The number of aromatic carboxylic acids is 1. The Hall–Kier alpha value is -1.51. The van der Waals surface area contributed by atoms with Gasteiger partial charge in [-0.3, -0.25) is 0 Å². The molecule has 1 aliphatic heterocycles. The van der Waals surface area contributed by atoms with Crippen molar-refractivity contribution in [1.82, 2.24) is 0 Å². The van der Waals surface area contributed by atoms with E-state index in [2.05, 4.69) is 38.7 Å². The van der Waals surface area contributed by atoms with Crippen LogP contribution in [-0.2, 0) is 0 Å². The summed E-state index contributed by atoms with van der Waals surface area (Å²) in [4.78, 5) is 13.8. The van der Waals surface area contributed by atoms with Gasteiger partial charge in [0.15, 0.2) is 0 Å². The van der Waals surface area contributed by atoms with Crippen LogP contribution in [-0.4, -0.2) is 23.2 Å². The highest BCUT2D eigenvalue weighted by Crippen LogP contribution is 2.44. The van der Waals surface area contributed by atoms with Gasteiger partial charge in [0.2, 0.25) is 0 Å². The molecule has 1 heterocycles. The fourth-order valence-corrected chi connectivity index (χ4v) is 3.51. The molecular formula is C17H25NO2. The molecule has 3 heteroatoms. The SMILES string of the molecule is CCCN1c2cc(C)c(C(=O)O)cc2[C@H](C)CC1(C)C. The number of anilines is 1. The van der Waals surface area contributed by atoms with E-state index in [0.717, 1.165) is 24.9 Å². The van der Waals surface area contributed by atoms with Crippen LogP contribution < -0.4 is 4.90 Å². The quantitative estimate of drug-likeness (QED) is 0.899. The number of nitrogens with zero attached hydrogens (tertiary/aromatic N) is 1. The minimum atomic E-state index is -0.829. The van der Waals surface area contributed by atoms with E-state index in [1.54, 1.807) is 0 Å². The third kappa shape index (κ3) is 2.41. The summed E-state index contributed by atoms with van der Waals surface area (Å²) in [6.07, 6.45) is 2.15. The van der Waals surface area contributed by atoms with E-state index in [4.69, 9.17) is 0 Å². The first-order valence-corrected chi connectivity index (χ1v) is 7.43. The van der Waals surface area contributed by atoms with Crippen molar-refractivity contribution in [2.45, 2.75) is 58.9 Å². The molecule has 0 saturated carbocycles. The summed E-state index contributed by atoms with van der Waals surface area (Å²) in [5.74, 6) is -0.434. The third-order valence-corrected chi connectivity index (χ3v) is 4.41. The van der Waals surface area contributed by atoms with Crippen LogP contribution in [0.1, 0.15) is 67.9 Å². The van der Waals surface area contributed by atoms with Gasteiger partial charge in [-0.15, -0.1) is 0 Å². The summed E-state index contributed by atoms with van der Waals surface area (Å²) in [6.45, 7) is 11.8. The van der Waals surface area contributed by atoms with Crippen molar-refractivity contribution >= 4 is 11.7 Å². The Balaban J connectivity index is 2.60. The predicted octanol–water partition coefficient (Wildman–Crippen LogP) is 4.20. The molecule has 1 atom stereocenters. The standard InChI is InChI=1S/C17H25NO2/c1-6-7-18-15-8-11(2)14(16(19)20)9-13(15)12(3)10-17(18,4)5/h8-9,12H,6-7,10H2,1-5H3,(H,19,20)/t12-/m1/s1. The van der Waals surface area contributed by atoms with Gasteiger partial charge in [0.05, 0.1) is 5.56 Å². The highest BCUT2D eigenvalue weighted by Gasteiger charge is 2.36. The van der Waals surface area contributed by atoms with E-state index < -0.39 is 5.97 Å². The van der Waals surface area contributed by atoms with Crippen molar-refractivity contribution in [2.75, 3.05) is 11.4 Å². The Morgan fingerprint density at radius 2 is 2.10 bits per heavy atom. The van der Waals surface area contributed by atoms with E-state index in [0.29, 0.717) is 11.5 Å². The molecule has 2 rings (SSSR count). The highest BCUT2D eigenvalue weighted by molar-refractivity contribution is 5.90. The maximum Gasteiger partial charge on any atom is 0.335 e. The number of hydrogen-bond acceptors (Lipinski definition) is 2. The van der Waals surface area contributed by atoms with Crippen LogP contribution in [0.2, 0.25) is 0 Å². The highest BCUT2D eigenvalue weighted by atomic mass is 16.4. The molecule has 0 bridgehead atoms. The number of carbonyl (C=O) groups is 1. The summed E-state index contributed by atoms with van der Waals surface area (Å²) < 4.78 is 0. The van der Waals surface area contributed by atoms with Crippen molar-refractivity contribution in [1.29, 1.82) is 0 Å². The Morgan fingerprint density at radius 1 is 1.45 bits per heavy atom. The molecule has 3 nitrogen and oxygen atoms in total. The molecule has 20 heavy (non-hydrogen) atoms. The fourth-order valence-electron chi connectivity index (χ4n) is 3.51. The molecule has 1 aliphatic rings. The number of fused-ring (bicyclic) bond motifs is 1. The van der Waals surface area contributed by atoms with Crippen LogP contribution in [0.15, 0.2) is 12.1 Å². The summed E-state index contributed by atoms with van der Waals surface area (Å²) in [5.41, 5.74) is 3.81. The first-order valence-electron chi connectivity index (χ1n) is 7.43. The Morgan fingerprint density at radius 3 is 2.65 bits per heavy atom. The molecule has 0 fully saturated rings. The van der Waals surface area contributed by atoms with E-state index in [9.17, 15) is 9.90 Å². The molecule has 0 aromatic heterocycles. The van der Waals surface area contributed by atoms with Crippen molar-refractivity contribution in [3.8, 4) is 0 Å². The van der Waals surface area contributed by atoms with Gasteiger partial charge >= 0.3 is 5.97 Å². The lowest BCUT2D eigenvalue weighted by molar-refractivity contribution is 0.0696. The van der Waals surface area contributed by atoms with Crippen LogP contribution in [0, 0.1) is 6.92 Å². The van der Waals surface area contributed by atoms with E-state index >= 15 is 0 Å². The smallest absolute Gasteiger partial charge is 0.335 e. The first kappa shape index (κ1) is 14.9. The third-order valence-electron chi connectivity index (χ3n) is 4.41. The number of rotatable bonds is 3. The van der Waals surface area contributed by atoms with Crippen molar-refractivity contribution in [2.24, 2.45) is 0 Å². The summed E-state index contributed by atoms with van der Waals surface area (Å²) in [6, 6.07) is 3.95. The lowest BCUT2D eigenvalue weighted by Gasteiger charge is -2.48. The first-order chi connectivity index (χ1) is 9.27. The second kappa shape index (κ2) is 5.12. The van der Waals surface area contributed by atoms with Crippen molar-refractivity contribution in [3.05, 3.63) is 28.8 Å². The number of benzene rings is 1. The summed E-state index contributed by atoms with van der Waals surface area (Å²) >= 11 is 0. The largest absolute Gasteiger partial charge is 0.478 e. The fraction of sp³-hybridized carbons (Fsp3) is 0.588. The Labute approximate surface area is 121 Å². The number of aryl methyl sites for hydroxylation is 1. The molecule has 0 unspecified atom stereocenters. The topological polar surface area (TPSA) is 40.5 Å². The van der Waals surface area contributed by atoms with Gasteiger partial charge in [-0.2, -0.15) is 0 Å². The molecule has 0 saturated heterocycles. The minimum Gasteiger partial charge on any atom is -0.478 e. The Kier molecular flexibility index (Phi) is 3.81. The molecule has 0 spiro atoms. The van der Waals surface area contributed by atoms with Crippen LogP contribution in [0.5, 0.6) is 0 Å². The van der Waals surface area contributed by atoms with Gasteiger partial charge in [-0.05, 0) is 62.8 Å². The zero-order valence-electron chi connectivity index (χ0n) is 13.2. The molecule has 0 radical (unpaired) electrons. The number of carboxylic acids is 1. The molecule has 1 N–H and O–H groups in total. The van der Waals surface area contributed by atoms with Gasteiger partial charge in [0.25, 0.3) is 0 Å². The van der Waals surface area contributed by atoms with Gasteiger partial charge in [0.1, 0.15) is 0 Å². The van der Waals surface area contributed by atoms with Gasteiger partial charge < -0.3 is 10.0 Å². The van der Waals surface area contributed by atoms with Crippen molar-refractivity contribution in [3.63, 3.8) is 0 Å². The molecular weight excluding hydrogens is 250 g/mol. The average molecular weight is 275 g/mol. The average Bonchev–Trinajstić information content (AvgIpc) is 2.32. The number of carboxylic acid groups (broad SMARTS) is 1. The van der Waals surface area contributed by atoms with Gasteiger partial charge in [-0.25, -0.2) is 4.79 Å². The van der Waals surface area contributed by atoms with E-state index in [1.165, 1.54) is 11.3 Å². The van der Waals surface area contributed by atoms with Crippen LogP contribution in [0.4, 0.5) is 5.69 Å². The van der Waals surface area contributed by atoms with Crippen LogP contribution >= 0.6 is 0 Å². The second-order valence-corrected chi connectivity index (χ2v) is 6.60. The van der Waals surface area contributed by atoms with Crippen LogP contribution in [0.3, 0.4) is 0 Å². The minimum absolute atomic E-state index is 0.125. The van der Waals surface area contributed by atoms with E-state index in [1.807, 2.05) is 13.0 Å². The second-order valence-electron chi connectivity index (χ2n) is 6.60. The maximum absolute atomic E-state index is 11.3. The molecule has 0 amide bonds.